The molecule has 100 valence electrons. The predicted molar refractivity (Wildman–Crippen MR) is 78.6 cm³/mol. The van der Waals surface area contributed by atoms with E-state index in [2.05, 4.69) is 46.4 Å². The Kier molecular flexibility index (Phi) is 5.22. The van der Waals surface area contributed by atoms with Gasteiger partial charge in [0.1, 0.15) is 0 Å². The van der Waals surface area contributed by atoms with E-state index in [1.165, 1.54) is 15.6 Å². The number of rotatable bonds is 4. The molecule has 1 aromatic rings. The van der Waals surface area contributed by atoms with Crippen LogP contribution in [0.2, 0.25) is 0 Å². The first kappa shape index (κ1) is 14.0. The zero-order valence-electron chi connectivity index (χ0n) is 11.0. The van der Waals surface area contributed by atoms with Gasteiger partial charge in [0.25, 0.3) is 0 Å². The number of hydrogen-bond donors (Lipinski definition) is 2. The summed E-state index contributed by atoms with van der Waals surface area (Å²) in [5.74, 6) is 0.734. The van der Waals surface area contributed by atoms with Crippen LogP contribution in [0.25, 0.3) is 0 Å². The van der Waals surface area contributed by atoms with Crippen molar-refractivity contribution in [3.05, 3.63) is 33.8 Å². The van der Waals surface area contributed by atoms with Crippen LogP contribution in [-0.2, 0) is 6.54 Å². The minimum atomic E-state index is -0.0486. The lowest BCUT2D eigenvalue weighted by atomic mass is 9.87. The van der Waals surface area contributed by atoms with Crippen LogP contribution in [0.15, 0.2) is 22.7 Å². The van der Waals surface area contributed by atoms with Crippen molar-refractivity contribution < 1.29 is 5.11 Å². The number of aliphatic hydroxyl groups excluding tert-OH is 1. The van der Waals surface area contributed by atoms with Gasteiger partial charge in [0.15, 0.2) is 0 Å². The van der Waals surface area contributed by atoms with Gasteiger partial charge >= 0.3 is 0 Å². The fourth-order valence-corrected chi connectivity index (χ4v) is 3.19. The quantitative estimate of drug-likeness (QED) is 0.893. The van der Waals surface area contributed by atoms with Crippen molar-refractivity contribution in [1.29, 1.82) is 0 Å². The third-order valence-corrected chi connectivity index (χ3v) is 4.51. The van der Waals surface area contributed by atoms with Crippen molar-refractivity contribution in [3.8, 4) is 0 Å². The fraction of sp³-hybridized carbons (Fsp3) is 0.600. The highest BCUT2D eigenvalue weighted by molar-refractivity contribution is 9.10. The summed E-state index contributed by atoms with van der Waals surface area (Å²) in [5.41, 5.74) is 2.60. The Morgan fingerprint density at radius 1 is 1.28 bits per heavy atom. The minimum absolute atomic E-state index is 0.0486. The van der Waals surface area contributed by atoms with Crippen molar-refractivity contribution in [2.75, 3.05) is 6.54 Å². The van der Waals surface area contributed by atoms with Crippen LogP contribution < -0.4 is 5.32 Å². The topological polar surface area (TPSA) is 32.3 Å². The minimum Gasteiger partial charge on any atom is -0.393 e. The largest absolute Gasteiger partial charge is 0.393 e. The van der Waals surface area contributed by atoms with Crippen molar-refractivity contribution in [2.45, 2.75) is 45.3 Å². The van der Waals surface area contributed by atoms with Crippen molar-refractivity contribution >= 4 is 15.9 Å². The van der Waals surface area contributed by atoms with Gasteiger partial charge in [-0.1, -0.05) is 28.1 Å². The first-order valence-electron chi connectivity index (χ1n) is 6.79. The van der Waals surface area contributed by atoms with Crippen LogP contribution in [0.1, 0.15) is 36.8 Å². The van der Waals surface area contributed by atoms with Crippen molar-refractivity contribution in [1.82, 2.24) is 5.32 Å². The summed E-state index contributed by atoms with van der Waals surface area (Å²) in [4.78, 5) is 0. The smallest absolute Gasteiger partial charge is 0.0540 e. The highest BCUT2D eigenvalue weighted by atomic mass is 79.9. The second-order valence-corrected chi connectivity index (χ2v) is 6.25. The number of halogens is 1. The normalized spacial score (nSPS) is 24.2. The summed E-state index contributed by atoms with van der Waals surface area (Å²) in [6, 6.07) is 6.49. The Morgan fingerprint density at radius 3 is 2.67 bits per heavy atom. The molecule has 2 nitrogen and oxygen atoms in total. The van der Waals surface area contributed by atoms with Gasteiger partial charge in [-0.3, -0.25) is 0 Å². The molecule has 2 N–H and O–H groups in total. The SMILES string of the molecule is Cc1ccc(CNCC2CCC(O)CC2)c(Br)c1. The molecule has 0 saturated heterocycles. The molecule has 2 rings (SSSR count). The van der Waals surface area contributed by atoms with Gasteiger partial charge in [-0.2, -0.15) is 0 Å². The summed E-state index contributed by atoms with van der Waals surface area (Å²) < 4.78 is 1.19. The first-order chi connectivity index (χ1) is 8.65. The second kappa shape index (κ2) is 6.69. The van der Waals surface area contributed by atoms with E-state index >= 15 is 0 Å². The highest BCUT2D eigenvalue weighted by Gasteiger charge is 2.18. The average Bonchev–Trinajstić information content (AvgIpc) is 2.34. The third-order valence-electron chi connectivity index (χ3n) is 3.77. The molecule has 1 aliphatic rings. The Bertz CT molecular complexity index is 386. The van der Waals surface area contributed by atoms with E-state index in [4.69, 9.17) is 0 Å². The zero-order valence-corrected chi connectivity index (χ0v) is 12.5. The number of nitrogens with one attached hydrogen (secondary N) is 1. The molecule has 1 saturated carbocycles. The Morgan fingerprint density at radius 2 is 2.00 bits per heavy atom. The van der Waals surface area contributed by atoms with Gasteiger partial charge in [0.05, 0.1) is 6.10 Å². The monoisotopic (exact) mass is 311 g/mol. The van der Waals surface area contributed by atoms with Gasteiger partial charge in [0.2, 0.25) is 0 Å². The lowest BCUT2D eigenvalue weighted by Crippen LogP contribution is -2.27. The molecule has 3 heteroatoms. The summed E-state index contributed by atoms with van der Waals surface area (Å²) >= 11 is 3.61. The standard InChI is InChI=1S/C15H22BrNO/c1-11-2-5-13(15(16)8-11)10-17-9-12-3-6-14(18)7-4-12/h2,5,8,12,14,17-18H,3-4,6-7,9-10H2,1H3. The Hall–Kier alpha value is -0.380. The molecule has 1 fully saturated rings. The molecular formula is C15H22BrNO. The molecule has 0 bridgehead atoms. The number of aryl methyl sites for hydroxylation is 1. The summed E-state index contributed by atoms with van der Waals surface area (Å²) in [5, 5.41) is 13.0. The van der Waals surface area contributed by atoms with Crippen LogP contribution >= 0.6 is 15.9 Å². The fourth-order valence-electron chi connectivity index (χ4n) is 2.56. The van der Waals surface area contributed by atoms with Crippen LogP contribution in [0.4, 0.5) is 0 Å². The maximum Gasteiger partial charge on any atom is 0.0540 e. The molecule has 0 atom stereocenters. The summed E-state index contributed by atoms with van der Waals surface area (Å²) in [7, 11) is 0. The molecule has 0 heterocycles. The highest BCUT2D eigenvalue weighted by Crippen LogP contribution is 2.24. The third kappa shape index (κ3) is 4.08. The van der Waals surface area contributed by atoms with Gasteiger partial charge in [-0.15, -0.1) is 0 Å². The lowest BCUT2D eigenvalue weighted by Gasteiger charge is -2.25. The van der Waals surface area contributed by atoms with Crippen molar-refractivity contribution in [3.63, 3.8) is 0 Å². The van der Waals surface area contributed by atoms with Gasteiger partial charge < -0.3 is 10.4 Å². The number of aliphatic hydroxyl groups is 1. The van der Waals surface area contributed by atoms with Crippen molar-refractivity contribution in [2.24, 2.45) is 5.92 Å². The molecule has 0 radical (unpaired) electrons. The molecule has 1 aromatic carbocycles. The summed E-state index contributed by atoms with van der Waals surface area (Å²) in [6.45, 7) is 4.09. The lowest BCUT2D eigenvalue weighted by molar-refractivity contribution is 0.108. The number of hydrogen-bond acceptors (Lipinski definition) is 2. The molecule has 18 heavy (non-hydrogen) atoms. The Balaban J connectivity index is 1.75. The van der Waals surface area contributed by atoms with E-state index in [-0.39, 0.29) is 6.10 Å². The first-order valence-corrected chi connectivity index (χ1v) is 7.58. The maximum absolute atomic E-state index is 9.47. The van der Waals surface area contributed by atoms with E-state index in [1.807, 2.05) is 0 Å². The molecule has 0 spiro atoms. The van der Waals surface area contributed by atoms with E-state index in [1.54, 1.807) is 0 Å². The van der Waals surface area contributed by atoms with Gasteiger partial charge in [-0.05, 0) is 62.3 Å². The molecule has 0 amide bonds. The maximum atomic E-state index is 9.47. The van der Waals surface area contributed by atoms with Crippen LogP contribution in [0, 0.1) is 12.8 Å². The average molecular weight is 312 g/mol. The van der Waals surface area contributed by atoms with Crippen LogP contribution in [0.3, 0.4) is 0 Å². The molecule has 0 unspecified atom stereocenters. The molecular weight excluding hydrogens is 290 g/mol. The van der Waals surface area contributed by atoms with E-state index in [9.17, 15) is 5.11 Å². The van der Waals surface area contributed by atoms with E-state index in [0.717, 1.165) is 44.7 Å². The molecule has 0 aliphatic heterocycles. The van der Waals surface area contributed by atoms with E-state index < -0.39 is 0 Å². The number of benzene rings is 1. The van der Waals surface area contributed by atoms with E-state index in [0.29, 0.717) is 0 Å². The zero-order chi connectivity index (χ0) is 13.0. The second-order valence-electron chi connectivity index (χ2n) is 5.40. The summed E-state index contributed by atoms with van der Waals surface area (Å²) in [6.07, 6.45) is 4.21. The predicted octanol–water partition coefficient (Wildman–Crippen LogP) is 3.40. The Labute approximate surface area is 118 Å². The van der Waals surface area contributed by atoms with Crippen LogP contribution in [0.5, 0.6) is 0 Å². The van der Waals surface area contributed by atoms with Gasteiger partial charge in [-0.25, -0.2) is 0 Å². The van der Waals surface area contributed by atoms with Gasteiger partial charge in [0, 0.05) is 11.0 Å². The molecule has 0 aromatic heterocycles. The van der Waals surface area contributed by atoms with Crippen LogP contribution in [-0.4, -0.2) is 17.8 Å². The molecule has 1 aliphatic carbocycles.